The number of aromatic nitrogens is 3. The normalized spacial score (nSPS) is 11.1. The molecule has 0 spiro atoms. The lowest BCUT2D eigenvalue weighted by Crippen LogP contribution is -2.14. The summed E-state index contributed by atoms with van der Waals surface area (Å²) in [4.78, 5) is 27.4. The standard InChI is InChI=1S/C19H18N4O5/c1-11-10-13(12(2)22(11)14-5-7-15(28-3)8-6-14)4-9-16-20-18(24)17(23(26)27)19(25)21-16/h4-10H,1-3H3,(H2,20,21,24,25)/b9-4+. The number of nitro groups is 1. The summed E-state index contributed by atoms with van der Waals surface area (Å²) in [5, 5.41) is 20.4. The highest BCUT2D eigenvalue weighted by atomic mass is 16.6. The third-order valence-electron chi connectivity index (χ3n) is 4.30. The van der Waals surface area contributed by atoms with Gasteiger partial charge in [-0.3, -0.25) is 14.9 Å². The Bertz CT molecular complexity index is 1130. The predicted molar refractivity (Wildman–Crippen MR) is 104 cm³/mol. The highest BCUT2D eigenvalue weighted by Gasteiger charge is 2.21. The van der Waals surface area contributed by atoms with Gasteiger partial charge in [0.15, 0.2) is 0 Å². The van der Waals surface area contributed by atoms with Gasteiger partial charge in [-0.25, -0.2) is 0 Å². The zero-order valence-corrected chi connectivity index (χ0v) is 15.5. The molecule has 3 aromatic rings. The van der Waals surface area contributed by atoms with Crippen molar-refractivity contribution in [2.45, 2.75) is 13.8 Å². The van der Waals surface area contributed by atoms with Crippen LogP contribution in [-0.2, 0) is 0 Å². The number of nitrogens with one attached hydrogen (secondary N) is 1. The van der Waals surface area contributed by atoms with E-state index in [1.54, 1.807) is 13.2 Å². The van der Waals surface area contributed by atoms with Gasteiger partial charge in [0.05, 0.1) is 12.0 Å². The lowest BCUT2D eigenvalue weighted by Gasteiger charge is -2.10. The molecule has 2 heterocycles. The van der Waals surface area contributed by atoms with Crippen molar-refractivity contribution in [3.8, 4) is 17.3 Å². The molecular formula is C19H18N4O5. The van der Waals surface area contributed by atoms with Crippen LogP contribution in [0.3, 0.4) is 0 Å². The van der Waals surface area contributed by atoms with E-state index in [0.29, 0.717) is 0 Å². The second kappa shape index (κ2) is 7.39. The van der Waals surface area contributed by atoms with Crippen LogP contribution in [-0.4, -0.2) is 31.7 Å². The molecule has 0 aliphatic carbocycles. The van der Waals surface area contributed by atoms with Crippen LogP contribution in [0.2, 0.25) is 0 Å². The zero-order valence-electron chi connectivity index (χ0n) is 15.5. The molecule has 1 aromatic carbocycles. The van der Waals surface area contributed by atoms with Gasteiger partial charge in [0.1, 0.15) is 11.6 Å². The molecule has 144 valence electrons. The number of hydrogen-bond acceptors (Lipinski definition) is 6. The van der Waals surface area contributed by atoms with E-state index in [-0.39, 0.29) is 5.82 Å². The Hall–Kier alpha value is -3.88. The zero-order chi connectivity index (χ0) is 20.4. The molecular weight excluding hydrogens is 364 g/mol. The number of aromatic amines is 1. The summed E-state index contributed by atoms with van der Waals surface area (Å²) in [5.41, 5.74) is 1.79. The molecule has 9 heteroatoms. The minimum absolute atomic E-state index is 0.0161. The van der Waals surface area contributed by atoms with E-state index in [4.69, 9.17) is 4.74 Å². The molecule has 0 amide bonds. The van der Waals surface area contributed by atoms with Gasteiger partial charge >= 0.3 is 11.2 Å². The van der Waals surface area contributed by atoms with E-state index in [2.05, 4.69) is 14.5 Å². The highest BCUT2D eigenvalue weighted by Crippen LogP contribution is 2.24. The summed E-state index contributed by atoms with van der Waals surface area (Å²) in [6.45, 7) is 3.91. The number of ether oxygens (including phenoxy) is 1. The van der Waals surface area contributed by atoms with Crippen molar-refractivity contribution in [3.63, 3.8) is 0 Å². The first-order valence-corrected chi connectivity index (χ1v) is 8.31. The van der Waals surface area contributed by atoms with E-state index < -0.39 is 22.0 Å². The van der Waals surface area contributed by atoms with Gasteiger partial charge in [0, 0.05) is 17.1 Å². The molecule has 2 N–H and O–H groups in total. The summed E-state index contributed by atoms with van der Waals surface area (Å²) >= 11 is 0. The van der Waals surface area contributed by atoms with Gasteiger partial charge in [0.25, 0.3) is 5.88 Å². The minimum Gasteiger partial charge on any atom is -0.497 e. The van der Waals surface area contributed by atoms with Crippen LogP contribution in [0.15, 0.2) is 35.1 Å². The molecule has 0 fully saturated rings. The van der Waals surface area contributed by atoms with E-state index in [1.165, 1.54) is 6.08 Å². The van der Waals surface area contributed by atoms with Crippen molar-refractivity contribution in [2.24, 2.45) is 0 Å². The van der Waals surface area contributed by atoms with Crippen LogP contribution in [0.4, 0.5) is 5.69 Å². The SMILES string of the molecule is COc1ccc(-n2c(C)cc(/C=C/c3nc(O)c([N+](=O)[O-])c(=O)[nH]3)c2C)cc1. The number of aromatic hydroxyl groups is 1. The van der Waals surface area contributed by atoms with Crippen LogP contribution in [0.25, 0.3) is 17.8 Å². The van der Waals surface area contributed by atoms with E-state index in [9.17, 15) is 20.0 Å². The molecule has 0 atom stereocenters. The van der Waals surface area contributed by atoms with Crippen LogP contribution in [0.5, 0.6) is 11.6 Å². The Morgan fingerprint density at radius 2 is 1.93 bits per heavy atom. The highest BCUT2D eigenvalue weighted by molar-refractivity contribution is 5.69. The number of hydrogen-bond donors (Lipinski definition) is 2. The fraction of sp³-hybridized carbons (Fsp3) is 0.158. The molecule has 9 nitrogen and oxygen atoms in total. The molecule has 0 aliphatic heterocycles. The van der Waals surface area contributed by atoms with Crippen molar-refractivity contribution in [1.29, 1.82) is 0 Å². The van der Waals surface area contributed by atoms with Crippen molar-refractivity contribution < 1.29 is 14.8 Å². The maximum absolute atomic E-state index is 11.7. The molecule has 0 unspecified atom stereocenters. The quantitative estimate of drug-likeness (QED) is 0.516. The first kappa shape index (κ1) is 18.9. The van der Waals surface area contributed by atoms with Crippen LogP contribution >= 0.6 is 0 Å². The lowest BCUT2D eigenvalue weighted by molar-refractivity contribution is -0.387. The van der Waals surface area contributed by atoms with Gasteiger partial charge in [-0.1, -0.05) is 0 Å². The van der Waals surface area contributed by atoms with E-state index in [1.807, 2.05) is 44.2 Å². The molecule has 3 rings (SSSR count). The number of aryl methyl sites for hydroxylation is 1. The van der Waals surface area contributed by atoms with Gasteiger partial charge in [0.2, 0.25) is 0 Å². The van der Waals surface area contributed by atoms with E-state index >= 15 is 0 Å². The minimum atomic E-state index is -1.01. The largest absolute Gasteiger partial charge is 0.497 e. The first-order chi connectivity index (χ1) is 13.3. The maximum atomic E-state index is 11.7. The Balaban J connectivity index is 1.95. The average Bonchev–Trinajstić information content (AvgIpc) is 2.93. The Kier molecular flexibility index (Phi) is 4.99. The molecule has 0 aliphatic rings. The Morgan fingerprint density at radius 3 is 2.50 bits per heavy atom. The summed E-state index contributed by atoms with van der Waals surface area (Å²) in [7, 11) is 1.61. The van der Waals surface area contributed by atoms with Crippen LogP contribution < -0.4 is 10.3 Å². The molecule has 2 aromatic heterocycles. The van der Waals surface area contributed by atoms with Crippen LogP contribution in [0.1, 0.15) is 22.8 Å². The number of benzene rings is 1. The third-order valence-corrected chi connectivity index (χ3v) is 4.30. The maximum Gasteiger partial charge on any atom is 0.395 e. The van der Waals surface area contributed by atoms with E-state index in [0.717, 1.165) is 28.4 Å². The van der Waals surface area contributed by atoms with Crippen LogP contribution in [0, 0.1) is 24.0 Å². The smallest absolute Gasteiger partial charge is 0.395 e. The number of nitrogens with zero attached hydrogens (tertiary/aromatic N) is 3. The van der Waals surface area contributed by atoms with Crippen molar-refractivity contribution >= 4 is 17.8 Å². The van der Waals surface area contributed by atoms with Crippen molar-refractivity contribution in [3.05, 3.63) is 73.6 Å². The topological polar surface area (TPSA) is 123 Å². The first-order valence-electron chi connectivity index (χ1n) is 8.31. The number of H-pyrrole nitrogens is 1. The Labute approximate surface area is 159 Å². The van der Waals surface area contributed by atoms with Crippen molar-refractivity contribution in [1.82, 2.24) is 14.5 Å². The molecule has 0 saturated carbocycles. The fourth-order valence-corrected chi connectivity index (χ4v) is 2.97. The van der Waals surface area contributed by atoms with Crippen molar-refractivity contribution in [2.75, 3.05) is 7.11 Å². The number of methoxy groups -OCH3 is 1. The fourth-order valence-electron chi connectivity index (χ4n) is 2.97. The second-order valence-electron chi connectivity index (χ2n) is 6.07. The second-order valence-corrected chi connectivity index (χ2v) is 6.07. The Morgan fingerprint density at radius 1 is 1.25 bits per heavy atom. The molecule has 28 heavy (non-hydrogen) atoms. The summed E-state index contributed by atoms with van der Waals surface area (Å²) in [6, 6.07) is 9.59. The summed E-state index contributed by atoms with van der Waals surface area (Å²) in [6.07, 6.45) is 3.19. The van der Waals surface area contributed by atoms with Gasteiger partial charge < -0.3 is 19.4 Å². The molecule has 0 bridgehead atoms. The van der Waals surface area contributed by atoms with Gasteiger partial charge in [-0.15, -0.1) is 0 Å². The average molecular weight is 382 g/mol. The number of rotatable bonds is 5. The summed E-state index contributed by atoms with van der Waals surface area (Å²) in [5.74, 6) is -0.140. The van der Waals surface area contributed by atoms with Gasteiger partial charge in [-0.05, 0) is 61.9 Å². The lowest BCUT2D eigenvalue weighted by atomic mass is 10.2. The molecule has 0 radical (unpaired) electrons. The summed E-state index contributed by atoms with van der Waals surface area (Å²) < 4.78 is 7.24. The monoisotopic (exact) mass is 382 g/mol. The van der Waals surface area contributed by atoms with Gasteiger partial charge in [-0.2, -0.15) is 4.98 Å². The third kappa shape index (κ3) is 3.50. The predicted octanol–water partition coefficient (Wildman–Crippen LogP) is 2.97. The molecule has 0 saturated heterocycles.